The minimum Gasteiger partial charge on any atom is -0.418 e. The first-order chi connectivity index (χ1) is 12.7. The van der Waals surface area contributed by atoms with Gasteiger partial charge in [-0.25, -0.2) is 0 Å². The van der Waals surface area contributed by atoms with Crippen molar-refractivity contribution < 1.29 is 9.53 Å². The lowest BCUT2D eigenvalue weighted by molar-refractivity contribution is -0.133. The minimum absolute atomic E-state index is 0.0360. The van der Waals surface area contributed by atoms with E-state index < -0.39 is 0 Å². The summed E-state index contributed by atoms with van der Waals surface area (Å²) < 4.78 is 4.90. The van der Waals surface area contributed by atoms with E-state index in [2.05, 4.69) is 19.1 Å². The zero-order valence-electron chi connectivity index (χ0n) is 17.0. The van der Waals surface area contributed by atoms with Gasteiger partial charge in [0.25, 0.3) is 0 Å². The lowest BCUT2D eigenvalue weighted by Gasteiger charge is -2.03. The van der Waals surface area contributed by atoms with Crippen molar-refractivity contribution in [3.05, 3.63) is 12.2 Å². The summed E-state index contributed by atoms with van der Waals surface area (Å²) in [6, 6.07) is 0. The predicted octanol–water partition coefficient (Wildman–Crippen LogP) is 7.69. The molecule has 1 atom stereocenters. The van der Waals surface area contributed by atoms with Crippen LogP contribution in [0, 0.1) is 5.92 Å². The predicted molar refractivity (Wildman–Crippen MR) is 115 cm³/mol. The molecule has 0 aliphatic carbocycles. The van der Waals surface area contributed by atoms with E-state index in [9.17, 15) is 4.79 Å². The number of cyclic esters (lactones) is 1. The Morgan fingerprint density at radius 3 is 1.73 bits per heavy atom. The molecule has 0 N–H and O–H groups in total. The Balaban J connectivity index is 1.76. The lowest BCUT2D eigenvalue weighted by atomic mass is 10.0. The van der Waals surface area contributed by atoms with Gasteiger partial charge in [0.05, 0.1) is 12.3 Å². The summed E-state index contributed by atoms with van der Waals surface area (Å²) in [4.78, 5) is 11.1. The first-order valence-corrected chi connectivity index (χ1v) is 11.6. The minimum atomic E-state index is -0.184. The van der Waals surface area contributed by atoms with E-state index in [0.29, 0.717) is 11.5 Å². The maximum atomic E-state index is 11.1. The van der Waals surface area contributed by atoms with E-state index in [1.165, 1.54) is 96.3 Å². The van der Waals surface area contributed by atoms with Gasteiger partial charge in [0.2, 0.25) is 0 Å². The number of allylic oxidation sites excluding steroid dienone is 1. The first-order valence-electron chi connectivity index (χ1n) is 11.1. The molecule has 1 saturated heterocycles. The molecule has 0 radical (unpaired) electrons. The summed E-state index contributed by atoms with van der Waals surface area (Å²) >= 11 is 5.04. The highest BCUT2D eigenvalue weighted by atomic mass is 32.1. The van der Waals surface area contributed by atoms with Crippen molar-refractivity contribution in [2.24, 2.45) is 5.92 Å². The van der Waals surface area contributed by atoms with Crippen molar-refractivity contribution in [1.29, 1.82) is 0 Å². The number of ether oxygens (including phenoxy) is 1. The zero-order valence-corrected chi connectivity index (χ0v) is 17.8. The molecule has 2 nitrogen and oxygen atoms in total. The Kier molecular flexibility index (Phi) is 14.8. The van der Waals surface area contributed by atoms with Crippen LogP contribution in [0.15, 0.2) is 12.2 Å². The monoisotopic (exact) mass is 380 g/mol. The molecule has 1 aliphatic rings. The highest BCUT2D eigenvalue weighted by Crippen LogP contribution is 2.19. The van der Waals surface area contributed by atoms with Gasteiger partial charge in [-0.1, -0.05) is 109 Å². The Morgan fingerprint density at radius 1 is 0.846 bits per heavy atom. The maximum Gasteiger partial charge on any atom is 0.312 e. The fraction of sp³-hybridized carbons (Fsp3) is 0.826. The van der Waals surface area contributed by atoms with E-state index in [1.54, 1.807) is 0 Å². The molecular formula is C23H40O2S. The van der Waals surface area contributed by atoms with Gasteiger partial charge in [-0.05, 0) is 25.1 Å². The number of hydrogen-bond acceptors (Lipinski definition) is 3. The quantitative estimate of drug-likeness (QED) is 0.112. The summed E-state index contributed by atoms with van der Waals surface area (Å²) in [6.07, 6.45) is 26.7. The SMILES string of the molecule is CCCCCCCCCCCCCCCCCC=CC1CC(=O)OC1=S. The molecule has 1 heterocycles. The third kappa shape index (κ3) is 12.6. The highest BCUT2D eigenvalue weighted by molar-refractivity contribution is 7.80. The Bertz CT molecular complexity index is 403. The second-order valence-corrected chi connectivity index (χ2v) is 8.17. The fourth-order valence-corrected chi connectivity index (χ4v) is 3.79. The number of carbonyl (C=O) groups excluding carboxylic acids is 1. The van der Waals surface area contributed by atoms with Gasteiger partial charge in [0.1, 0.15) is 0 Å². The fourth-order valence-electron chi connectivity index (χ4n) is 3.53. The molecule has 0 bridgehead atoms. The molecule has 0 aromatic rings. The standard InChI is InChI=1S/C23H40O2S/c1-2-3-4-5-6-7-8-9-10-11-12-13-14-15-16-17-18-19-21-20-22(24)25-23(21)26/h18-19,21H,2-17,20H2,1H3. The van der Waals surface area contributed by atoms with Crippen LogP contribution in [0.1, 0.15) is 116 Å². The molecule has 0 aromatic heterocycles. The second kappa shape index (κ2) is 16.5. The number of unbranched alkanes of at least 4 members (excludes halogenated alkanes) is 15. The maximum absolute atomic E-state index is 11.1. The lowest BCUT2D eigenvalue weighted by Crippen LogP contribution is -2.00. The van der Waals surface area contributed by atoms with Crippen LogP contribution >= 0.6 is 12.2 Å². The molecule has 1 aliphatic heterocycles. The van der Waals surface area contributed by atoms with E-state index in [1.807, 2.05) is 0 Å². The van der Waals surface area contributed by atoms with E-state index >= 15 is 0 Å². The molecule has 0 saturated carbocycles. The molecule has 150 valence electrons. The smallest absolute Gasteiger partial charge is 0.312 e. The summed E-state index contributed by atoms with van der Waals surface area (Å²) in [6.45, 7) is 2.28. The summed E-state index contributed by atoms with van der Waals surface area (Å²) in [7, 11) is 0. The molecule has 1 fully saturated rings. The molecule has 0 amide bonds. The zero-order chi connectivity index (χ0) is 18.9. The third-order valence-electron chi connectivity index (χ3n) is 5.25. The molecule has 0 aromatic carbocycles. The van der Waals surface area contributed by atoms with Crippen LogP contribution in [0.25, 0.3) is 0 Å². The van der Waals surface area contributed by atoms with Gasteiger partial charge < -0.3 is 4.74 Å². The molecule has 3 heteroatoms. The molecule has 1 unspecified atom stereocenters. The average Bonchev–Trinajstić information content (AvgIpc) is 2.95. The molecule has 26 heavy (non-hydrogen) atoms. The largest absolute Gasteiger partial charge is 0.418 e. The van der Waals surface area contributed by atoms with Crippen molar-refractivity contribution in [2.45, 2.75) is 116 Å². The Labute approximate surface area is 167 Å². The van der Waals surface area contributed by atoms with Crippen molar-refractivity contribution in [2.75, 3.05) is 0 Å². The molecule has 0 spiro atoms. The topological polar surface area (TPSA) is 26.3 Å². The van der Waals surface area contributed by atoms with Gasteiger partial charge >= 0.3 is 5.97 Å². The van der Waals surface area contributed by atoms with E-state index in [4.69, 9.17) is 17.0 Å². The van der Waals surface area contributed by atoms with Gasteiger partial charge in [0, 0.05) is 0 Å². The van der Waals surface area contributed by atoms with Crippen LogP contribution in [0.4, 0.5) is 0 Å². The Morgan fingerprint density at radius 2 is 1.31 bits per heavy atom. The number of hydrogen-bond donors (Lipinski definition) is 0. The van der Waals surface area contributed by atoms with Crippen LogP contribution in [0.3, 0.4) is 0 Å². The van der Waals surface area contributed by atoms with Crippen LogP contribution in [-0.4, -0.2) is 11.0 Å². The van der Waals surface area contributed by atoms with E-state index in [-0.39, 0.29) is 11.9 Å². The molecular weight excluding hydrogens is 340 g/mol. The average molecular weight is 381 g/mol. The number of thiocarbonyl (C=S) groups is 1. The summed E-state index contributed by atoms with van der Waals surface area (Å²) in [5.41, 5.74) is 0. The van der Waals surface area contributed by atoms with Crippen molar-refractivity contribution >= 4 is 23.2 Å². The summed E-state index contributed by atoms with van der Waals surface area (Å²) in [5, 5.41) is 0.447. The first kappa shape index (κ1) is 23.3. The van der Waals surface area contributed by atoms with Crippen LogP contribution < -0.4 is 0 Å². The third-order valence-corrected chi connectivity index (χ3v) is 5.63. The summed E-state index contributed by atoms with van der Waals surface area (Å²) in [5.74, 6) is -0.148. The van der Waals surface area contributed by atoms with E-state index in [0.717, 1.165) is 6.42 Å². The van der Waals surface area contributed by atoms with Crippen LogP contribution in [0.5, 0.6) is 0 Å². The van der Waals surface area contributed by atoms with Gasteiger partial charge in [-0.3, -0.25) is 4.79 Å². The van der Waals surface area contributed by atoms with Crippen molar-refractivity contribution in [3.63, 3.8) is 0 Å². The number of esters is 1. The van der Waals surface area contributed by atoms with Crippen molar-refractivity contribution in [3.8, 4) is 0 Å². The van der Waals surface area contributed by atoms with Crippen molar-refractivity contribution in [1.82, 2.24) is 0 Å². The van der Waals surface area contributed by atoms with Gasteiger partial charge in [-0.2, -0.15) is 0 Å². The number of carbonyl (C=O) groups is 1. The van der Waals surface area contributed by atoms with Gasteiger partial charge in [-0.15, -0.1) is 0 Å². The van der Waals surface area contributed by atoms with Crippen LogP contribution in [0.2, 0.25) is 0 Å². The normalized spacial score (nSPS) is 17.3. The molecule has 1 rings (SSSR count). The van der Waals surface area contributed by atoms with Gasteiger partial charge in [0.15, 0.2) is 5.05 Å². The van der Waals surface area contributed by atoms with Crippen LogP contribution in [-0.2, 0) is 9.53 Å². The highest BCUT2D eigenvalue weighted by Gasteiger charge is 2.27. The Hall–Kier alpha value is -0.700. The second-order valence-electron chi connectivity index (χ2n) is 7.77. The number of rotatable bonds is 17.